The van der Waals surface area contributed by atoms with Gasteiger partial charge in [0.05, 0.1) is 0 Å². The molecule has 0 spiro atoms. The lowest BCUT2D eigenvalue weighted by atomic mass is 9.90. The Hall–Kier alpha value is -3.17. The van der Waals surface area contributed by atoms with Crippen LogP contribution in [0.1, 0.15) is 24.0 Å². The molecule has 2 aliphatic heterocycles. The number of rotatable bonds is 6. The number of anilines is 1. The lowest BCUT2D eigenvalue weighted by Gasteiger charge is -2.23. The van der Waals surface area contributed by atoms with E-state index in [-0.39, 0.29) is 18.0 Å². The van der Waals surface area contributed by atoms with Gasteiger partial charge in [-0.25, -0.2) is 13.4 Å². The van der Waals surface area contributed by atoms with Gasteiger partial charge < -0.3 is 10.1 Å². The number of fused-ring (bicyclic) bond motifs is 1. The highest BCUT2D eigenvalue weighted by atomic mass is 32.2. The average Bonchev–Trinajstić information content (AvgIpc) is 3.10. The van der Waals surface area contributed by atoms with Crippen LogP contribution in [0.2, 0.25) is 0 Å². The van der Waals surface area contributed by atoms with Crippen molar-refractivity contribution in [1.82, 2.24) is 10.0 Å². The van der Waals surface area contributed by atoms with Crippen molar-refractivity contribution in [2.24, 2.45) is 5.92 Å². The Bertz CT molecular complexity index is 1320. The van der Waals surface area contributed by atoms with Crippen LogP contribution in [-0.2, 0) is 28.0 Å². The van der Waals surface area contributed by atoms with Gasteiger partial charge in [0.1, 0.15) is 24.6 Å². The average molecular weight is 484 g/mol. The van der Waals surface area contributed by atoms with Gasteiger partial charge in [-0.05, 0) is 66.9 Å². The van der Waals surface area contributed by atoms with E-state index >= 15 is 4.39 Å². The Labute approximate surface area is 198 Å². The number of nitrogens with one attached hydrogen (secondary N) is 2. The second-order valence-electron chi connectivity index (χ2n) is 8.80. The third kappa shape index (κ3) is 4.58. The third-order valence-electron chi connectivity index (χ3n) is 6.37. The Balaban J connectivity index is 1.56. The van der Waals surface area contributed by atoms with E-state index < -0.39 is 28.5 Å². The van der Waals surface area contributed by atoms with Gasteiger partial charge in [0.2, 0.25) is 0 Å². The molecular weight excluding hydrogens is 457 g/mol. The summed E-state index contributed by atoms with van der Waals surface area (Å²) in [5, 5.41) is 4.26. The molecule has 5 rings (SSSR count). The first kappa shape index (κ1) is 22.6. The number of hydrogen-bond donors (Lipinski definition) is 2. The molecule has 2 N–H and O–H groups in total. The van der Waals surface area contributed by atoms with E-state index in [1.54, 1.807) is 12.1 Å². The van der Waals surface area contributed by atoms with Gasteiger partial charge in [-0.2, -0.15) is 8.42 Å². The zero-order valence-electron chi connectivity index (χ0n) is 18.6. The summed E-state index contributed by atoms with van der Waals surface area (Å²) in [4.78, 5) is 11.9. The van der Waals surface area contributed by atoms with Crippen molar-refractivity contribution in [2.75, 3.05) is 23.9 Å². The number of carbonyl (C=O) groups is 1. The van der Waals surface area contributed by atoms with Gasteiger partial charge in [0.15, 0.2) is 5.82 Å². The van der Waals surface area contributed by atoms with Crippen LogP contribution in [-0.4, -0.2) is 34.0 Å². The molecule has 2 fully saturated rings. The summed E-state index contributed by atoms with van der Waals surface area (Å²) in [7, 11) is -4.21. The van der Waals surface area contributed by atoms with Crippen LogP contribution in [0.25, 0.3) is 10.8 Å². The van der Waals surface area contributed by atoms with Crippen molar-refractivity contribution in [3.63, 3.8) is 0 Å². The maximum atomic E-state index is 16.0. The van der Waals surface area contributed by atoms with Gasteiger partial charge in [0, 0.05) is 5.39 Å². The predicted octanol–water partition coefficient (Wildman–Crippen LogP) is 3.28. The number of benzene rings is 3. The maximum Gasteiger partial charge on any atom is 0.326 e. The fraction of sp³-hybridized carbons (Fsp3) is 0.320. The Morgan fingerprint density at radius 1 is 1.03 bits per heavy atom. The van der Waals surface area contributed by atoms with Crippen molar-refractivity contribution < 1.29 is 22.3 Å². The number of nitrogens with zero attached hydrogens (tertiary/aromatic N) is 1. The van der Waals surface area contributed by atoms with Crippen molar-refractivity contribution >= 4 is 32.6 Å². The normalized spacial score (nSPS) is 18.3. The summed E-state index contributed by atoms with van der Waals surface area (Å²) in [5.74, 6) is -0.837. The minimum Gasteiger partial charge on any atom is -0.487 e. The number of piperidine rings is 1. The first-order valence-corrected chi connectivity index (χ1v) is 12.8. The van der Waals surface area contributed by atoms with E-state index in [1.165, 1.54) is 0 Å². The molecule has 1 amide bonds. The lowest BCUT2D eigenvalue weighted by Crippen LogP contribution is -2.30. The highest BCUT2D eigenvalue weighted by Crippen LogP contribution is 2.40. The quantitative estimate of drug-likeness (QED) is 0.562. The molecule has 7 nitrogen and oxygen atoms in total. The monoisotopic (exact) mass is 483 g/mol. The van der Waals surface area contributed by atoms with Crippen molar-refractivity contribution in [1.29, 1.82) is 0 Å². The topological polar surface area (TPSA) is 87.7 Å². The first-order chi connectivity index (χ1) is 16.4. The lowest BCUT2D eigenvalue weighted by molar-refractivity contribution is -0.117. The number of carbonyl (C=O) groups excluding carboxylic acids is 1. The molecule has 9 heteroatoms. The second kappa shape index (κ2) is 9.23. The molecule has 0 aromatic heterocycles. The van der Waals surface area contributed by atoms with Gasteiger partial charge in [-0.15, -0.1) is 0 Å². The zero-order chi connectivity index (χ0) is 23.7. The van der Waals surface area contributed by atoms with Gasteiger partial charge in [0.25, 0.3) is 5.91 Å². The predicted molar refractivity (Wildman–Crippen MR) is 128 cm³/mol. The van der Waals surface area contributed by atoms with Crippen LogP contribution < -0.4 is 19.1 Å². The molecular formula is C25H26FN3O4S. The summed E-state index contributed by atoms with van der Waals surface area (Å²) >= 11 is 0. The molecule has 3 aromatic carbocycles. The van der Waals surface area contributed by atoms with Crippen molar-refractivity contribution in [3.8, 4) is 5.75 Å². The SMILES string of the molecule is O=C1CN(c2c(OCc3ccccc3)cc3ccc(CC4CCNCC4)cc3c2F)S(=O)(=O)N1. The third-order valence-corrected chi connectivity index (χ3v) is 7.75. The molecule has 178 valence electrons. The van der Waals surface area contributed by atoms with Crippen LogP contribution in [0, 0.1) is 11.7 Å². The van der Waals surface area contributed by atoms with E-state index in [1.807, 2.05) is 47.2 Å². The first-order valence-electron chi connectivity index (χ1n) is 11.4. The molecule has 2 saturated heterocycles. The largest absolute Gasteiger partial charge is 0.487 e. The Morgan fingerprint density at radius 3 is 2.50 bits per heavy atom. The van der Waals surface area contributed by atoms with Crippen molar-refractivity contribution in [2.45, 2.75) is 25.9 Å². The molecule has 34 heavy (non-hydrogen) atoms. The van der Waals surface area contributed by atoms with Gasteiger partial charge in [-0.1, -0.05) is 42.5 Å². The highest BCUT2D eigenvalue weighted by Gasteiger charge is 2.38. The molecule has 3 aromatic rings. The number of halogens is 1. The number of amides is 1. The summed E-state index contributed by atoms with van der Waals surface area (Å²) in [5.41, 5.74) is 1.60. The molecule has 0 bridgehead atoms. The van der Waals surface area contributed by atoms with Crippen LogP contribution >= 0.6 is 0 Å². The Morgan fingerprint density at radius 2 is 1.79 bits per heavy atom. The van der Waals surface area contributed by atoms with Crippen molar-refractivity contribution in [3.05, 3.63) is 71.5 Å². The minimum atomic E-state index is -4.21. The molecule has 0 radical (unpaired) electrons. The smallest absolute Gasteiger partial charge is 0.326 e. The van der Waals surface area contributed by atoms with E-state index in [0.29, 0.717) is 16.7 Å². The minimum absolute atomic E-state index is 0.0695. The molecule has 0 aliphatic carbocycles. The summed E-state index contributed by atoms with van der Waals surface area (Å²) in [6.45, 7) is 1.59. The van der Waals surface area contributed by atoms with E-state index in [4.69, 9.17) is 4.74 Å². The maximum absolute atomic E-state index is 16.0. The van der Waals surface area contributed by atoms with Crippen LogP contribution in [0.4, 0.5) is 10.1 Å². The van der Waals surface area contributed by atoms with E-state index in [9.17, 15) is 13.2 Å². The Kier molecular flexibility index (Phi) is 6.14. The van der Waals surface area contributed by atoms with Gasteiger partial charge >= 0.3 is 10.2 Å². The molecule has 0 saturated carbocycles. The summed E-state index contributed by atoms with van der Waals surface area (Å²) < 4.78 is 49.7. The van der Waals surface area contributed by atoms with E-state index in [0.717, 1.165) is 47.8 Å². The summed E-state index contributed by atoms with van der Waals surface area (Å²) in [6.07, 6.45) is 2.97. The molecule has 0 unspecified atom stereocenters. The molecule has 0 atom stereocenters. The second-order valence-corrected chi connectivity index (χ2v) is 10.4. The summed E-state index contributed by atoms with van der Waals surface area (Å²) in [6, 6.07) is 16.6. The van der Waals surface area contributed by atoms with Gasteiger partial charge in [-0.3, -0.25) is 4.79 Å². The highest BCUT2D eigenvalue weighted by molar-refractivity contribution is 7.92. The molecule has 2 heterocycles. The standard InChI is InChI=1S/C25H26FN3O4S/c26-24-21-13-19(12-17-8-10-27-11-9-17)6-7-20(21)14-22(33-16-18-4-2-1-3-5-18)25(24)29-15-23(30)28-34(29,31)32/h1-7,13-14,17,27H,8-12,15-16H2,(H,28,30). The van der Waals surface area contributed by atoms with Crippen LogP contribution in [0.3, 0.4) is 0 Å². The van der Waals surface area contributed by atoms with Crippen LogP contribution in [0.15, 0.2) is 54.6 Å². The number of ether oxygens (including phenoxy) is 1. The molecule has 2 aliphatic rings. The van der Waals surface area contributed by atoms with E-state index in [2.05, 4.69) is 5.32 Å². The fourth-order valence-electron chi connectivity index (χ4n) is 4.63. The fourth-order valence-corrected chi connectivity index (χ4v) is 5.79. The zero-order valence-corrected chi connectivity index (χ0v) is 19.4. The number of hydrogen-bond acceptors (Lipinski definition) is 5. The van der Waals surface area contributed by atoms with Crippen LogP contribution in [0.5, 0.6) is 5.75 Å².